The highest BCUT2D eigenvalue weighted by Gasteiger charge is 2.35. The van der Waals surface area contributed by atoms with Gasteiger partial charge in [-0.25, -0.2) is 12.8 Å². The first-order valence-electron chi connectivity index (χ1n) is 8.67. The molecule has 1 fully saturated rings. The van der Waals surface area contributed by atoms with Gasteiger partial charge in [0.1, 0.15) is 16.8 Å². The number of halogens is 1. The number of benzene rings is 1. The molecule has 1 aliphatic rings. The fraction of sp³-hybridized carbons (Fsp3) is 0.611. The molecular formula is C18H27FN2O3S. The normalized spacial score (nSPS) is 22.9. The lowest BCUT2D eigenvalue weighted by atomic mass is 9.91. The minimum absolute atomic E-state index is 0.242. The first kappa shape index (κ1) is 19.8. The van der Waals surface area contributed by atoms with E-state index < -0.39 is 26.8 Å². The molecule has 1 saturated heterocycles. The van der Waals surface area contributed by atoms with E-state index in [0.717, 1.165) is 12.5 Å². The summed E-state index contributed by atoms with van der Waals surface area (Å²) >= 11 is 0. The summed E-state index contributed by atoms with van der Waals surface area (Å²) in [4.78, 5) is 14.2. The fourth-order valence-corrected chi connectivity index (χ4v) is 4.82. The van der Waals surface area contributed by atoms with Crippen LogP contribution in [0.2, 0.25) is 0 Å². The van der Waals surface area contributed by atoms with E-state index in [9.17, 15) is 17.6 Å². The maximum Gasteiger partial charge on any atom is 0.244 e. The van der Waals surface area contributed by atoms with Crippen molar-refractivity contribution in [2.24, 2.45) is 17.8 Å². The third-order valence-corrected chi connectivity index (χ3v) is 6.00. The highest BCUT2D eigenvalue weighted by Crippen LogP contribution is 2.23. The van der Waals surface area contributed by atoms with Crippen LogP contribution >= 0.6 is 0 Å². The Morgan fingerprint density at radius 1 is 1.20 bits per heavy atom. The largest absolute Gasteiger partial charge is 0.341 e. The third kappa shape index (κ3) is 4.79. The average molecular weight is 370 g/mol. The zero-order valence-corrected chi connectivity index (χ0v) is 16.0. The Morgan fingerprint density at radius 2 is 1.76 bits per heavy atom. The van der Waals surface area contributed by atoms with Gasteiger partial charge >= 0.3 is 0 Å². The molecule has 1 amide bonds. The molecule has 0 radical (unpaired) electrons. The van der Waals surface area contributed by atoms with E-state index in [4.69, 9.17) is 0 Å². The predicted octanol–water partition coefficient (Wildman–Crippen LogP) is 2.63. The van der Waals surface area contributed by atoms with Gasteiger partial charge in [0.15, 0.2) is 0 Å². The topological polar surface area (TPSA) is 66.5 Å². The lowest BCUT2D eigenvalue weighted by Crippen LogP contribution is -2.54. The van der Waals surface area contributed by atoms with E-state index in [2.05, 4.69) is 18.6 Å². The maximum absolute atomic E-state index is 13.9. The molecule has 5 nitrogen and oxygen atoms in total. The molecule has 3 atom stereocenters. The molecule has 140 valence electrons. The highest BCUT2D eigenvalue weighted by atomic mass is 32.2. The van der Waals surface area contributed by atoms with Crippen LogP contribution in [0.15, 0.2) is 29.2 Å². The second-order valence-electron chi connectivity index (χ2n) is 7.46. The summed E-state index contributed by atoms with van der Waals surface area (Å²) in [6, 6.07) is 4.26. The fourth-order valence-electron chi connectivity index (χ4n) is 3.40. The molecule has 0 saturated carbocycles. The number of rotatable bonds is 5. The molecule has 1 aromatic rings. The number of carbonyl (C=O) groups excluding carboxylic acids is 1. The number of likely N-dealkylation sites (tertiary alicyclic amines) is 1. The Labute approximate surface area is 149 Å². The molecule has 1 N–H and O–H groups in total. The summed E-state index contributed by atoms with van der Waals surface area (Å²) in [5.74, 6) is -0.563. The molecule has 1 aromatic carbocycles. The first-order valence-corrected chi connectivity index (χ1v) is 10.2. The number of nitrogens with one attached hydrogen (secondary N) is 1. The van der Waals surface area contributed by atoms with Gasteiger partial charge < -0.3 is 4.90 Å². The molecule has 1 heterocycles. The lowest BCUT2D eigenvalue weighted by Gasteiger charge is -2.37. The Kier molecular flexibility index (Phi) is 6.21. The summed E-state index contributed by atoms with van der Waals surface area (Å²) < 4.78 is 41.4. The van der Waals surface area contributed by atoms with Crippen LogP contribution in [-0.4, -0.2) is 38.4 Å². The second-order valence-corrected chi connectivity index (χ2v) is 9.15. The Morgan fingerprint density at radius 3 is 2.28 bits per heavy atom. The standard InChI is InChI=1S/C18H27FN2O3S/c1-12(2)17(18(22)21-10-13(3)9-14(4)11-21)20-25(23,24)16-8-6-5-7-15(16)19/h5-8,12-14,17,20H,9-11H2,1-4H3. The van der Waals surface area contributed by atoms with Crippen molar-refractivity contribution < 1.29 is 17.6 Å². The summed E-state index contributed by atoms with van der Waals surface area (Å²) in [7, 11) is -4.12. The van der Waals surface area contributed by atoms with Gasteiger partial charge in [-0.1, -0.05) is 39.8 Å². The van der Waals surface area contributed by atoms with Gasteiger partial charge in [0.2, 0.25) is 15.9 Å². The average Bonchev–Trinajstić information content (AvgIpc) is 2.51. The second kappa shape index (κ2) is 7.83. The van der Waals surface area contributed by atoms with Crippen LogP contribution in [0.3, 0.4) is 0 Å². The van der Waals surface area contributed by atoms with E-state index in [0.29, 0.717) is 24.9 Å². The Bertz CT molecular complexity index is 711. The molecule has 0 aromatic heterocycles. The molecule has 1 aliphatic heterocycles. The van der Waals surface area contributed by atoms with Crippen LogP contribution in [-0.2, 0) is 14.8 Å². The van der Waals surface area contributed by atoms with Crippen molar-refractivity contribution in [3.63, 3.8) is 0 Å². The number of sulfonamides is 1. The number of piperidine rings is 1. The minimum Gasteiger partial charge on any atom is -0.341 e. The van der Waals surface area contributed by atoms with Crippen molar-refractivity contribution in [1.29, 1.82) is 0 Å². The van der Waals surface area contributed by atoms with Crippen LogP contribution in [0, 0.1) is 23.6 Å². The molecule has 3 unspecified atom stereocenters. The van der Waals surface area contributed by atoms with E-state index in [1.165, 1.54) is 18.2 Å². The van der Waals surface area contributed by atoms with Crippen LogP contribution in [0.4, 0.5) is 4.39 Å². The van der Waals surface area contributed by atoms with Gasteiger partial charge in [0, 0.05) is 13.1 Å². The van der Waals surface area contributed by atoms with Crippen molar-refractivity contribution in [2.45, 2.75) is 45.1 Å². The van der Waals surface area contributed by atoms with Gasteiger partial charge in [-0.15, -0.1) is 0 Å². The summed E-state index contributed by atoms with van der Waals surface area (Å²) in [5, 5.41) is 0. The lowest BCUT2D eigenvalue weighted by molar-refractivity contribution is -0.136. The number of hydrogen-bond acceptors (Lipinski definition) is 3. The molecule has 2 rings (SSSR count). The van der Waals surface area contributed by atoms with Crippen LogP contribution < -0.4 is 4.72 Å². The van der Waals surface area contributed by atoms with Crippen molar-refractivity contribution in [1.82, 2.24) is 9.62 Å². The van der Waals surface area contributed by atoms with Gasteiger partial charge in [-0.3, -0.25) is 4.79 Å². The summed E-state index contributed by atoms with van der Waals surface area (Å²) in [6.45, 7) is 8.97. The van der Waals surface area contributed by atoms with Gasteiger partial charge in [-0.2, -0.15) is 4.72 Å². The molecule has 7 heteroatoms. The van der Waals surface area contributed by atoms with E-state index in [-0.39, 0.29) is 11.8 Å². The number of nitrogens with zero attached hydrogens (tertiary/aromatic N) is 1. The van der Waals surface area contributed by atoms with Gasteiger partial charge in [0.05, 0.1) is 0 Å². The van der Waals surface area contributed by atoms with Crippen molar-refractivity contribution >= 4 is 15.9 Å². The highest BCUT2D eigenvalue weighted by molar-refractivity contribution is 7.89. The predicted molar refractivity (Wildman–Crippen MR) is 94.9 cm³/mol. The van der Waals surface area contributed by atoms with Crippen molar-refractivity contribution in [3.8, 4) is 0 Å². The van der Waals surface area contributed by atoms with Crippen molar-refractivity contribution in [2.75, 3.05) is 13.1 Å². The van der Waals surface area contributed by atoms with Gasteiger partial charge in [-0.05, 0) is 36.3 Å². The maximum atomic E-state index is 13.9. The number of carbonyl (C=O) groups is 1. The molecule has 0 spiro atoms. The van der Waals surface area contributed by atoms with Gasteiger partial charge in [0.25, 0.3) is 0 Å². The van der Waals surface area contributed by atoms with E-state index in [1.54, 1.807) is 18.7 Å². The van der Waals surface area contributed by atoms with E-state index >= 15 is 0 Å². The molecule has 25 heavy (non-hydrogen) atoms. The molecule has 0 aliphatic carbocycles. The SMILES string of the molecule is CC1CC(C)CN(C(=O)C(NS(=O)(=O)c2ccccc2F)C(C)C)C1. The zero-order valence-electron chi connectivity index (χ0n) is 15.2. The third-order valence-electron chi connectivity index (χ3n) is 4.52. The number of hydrogen-bond donors (Lipinski definition) is 1. The quantitative estimate of drug-likeness (QED) is 0.866. The number of amides is 1. The van der Waals surface area contributed by atoms with E-state index in [1.807, 2.05) is 0 Å². The van der Waals surface area contributed by atoms with Crippen molar-refractivity contribution in [3.05, 3.63) is 30.1 Å². The Balaban J connectivity index is 2.23. The molecule has 0 bridgehead atoms. The van der Waals surface area contributed by atoms with Crippen LogP contribution in [0.25, 0.3) is 0 Å². The minimum atomic E-state index is -4.12. The Hall–Kier alpha value is -1.47. The van der Waals surface area contributed by atoms with Crippen LogP contribution in [0.5, 0.6) is 0 Å². The first-order chi connectivity index (χ1) is 11.6. The summed E-state index contributed by atoms with van der Waals surface area (Å²) in [6.07, 6.45) is 1.05. The zero-order chi connectivity index (χ0) is 18.8. The summed E-state index contributed by atoms with van der Waals surface area (Å²) in [5.41, 5.74) is 0. The molecular weight excluding hydrogens is 343 g/mol. The van der Waals surface area contributed by atoms with Crippen LogP contribution in [0.1, 0.15) is 34.1 Å². The smallest absolute Gasteiger partial charge is 0.244 e. The monoisotopic (exact) mass is 370 g/mol.